The Hall–Kier alpha value is -2.18. The van der Waals surface area contributed by atoms with Gasteiger partial charge in [0.25, 0.3) is 0 Å². The smallest absolute Gasteiger partial charge is 1.00 e. The molecule has 0 amide bonds. The Bertz CT molecular complexity index is 1450. The van der Waals surface area contributed by atoms with Crippen LogP contribution in [0.25, 0.3) is 43.4 Å². The molecule has 0 aliphatic rings. The van der Waals surface area contributed by atoms with Crippen molar-refractivity contribution in [2.75, 3.05) is 0 Å². The van der Waals surface area contributed by atoms with E-state index < -0.39 is 0 Å². The van der Waals surface area contributed by atoms with Crippen molar-refractivity contribution < 1.29 is 51.0 Å². The molecule has 0 saturated carbocycles. The summed E-state index contributed by atoms with van der Waals surface area (Å²) in [6.45, 7) is 6.48. The van der Waals surface area contributed by atoms with Crippen molar-refractivity contribution in [2.24, 2.45) is 0 Å². The van der Waals surface area contributed by atoms with Crippen LogP contribution in [0.4, 0.5) is 0 Å². The number of hydrogen-bond acceptors (Lipinski definition) is 0. The minimum atomic E-state index is 0. The Morgan fingerprint density at radius 3 is 1.59 bits per heavy atom. The van der Waals surface area contributed by atoms with Crippen LogP contribution in [-0.2, 0) is 26.2 Å². The van der Waals surface area contributed by atoms with Gasteiger partial charge in [-0.2, -0.15) is 6.07 Å². The number of fused-ring (bicyclic) bond motifs is 4. The monoisotopic (exact) mass is 558 g/mol. The maximum absolute atomic E-state index is 2.28. The molecule has 0 fully saturated rings. The molecule has 0 spiro atoms. The quantitative estimate of drug-likeness (QED) is 0.272. The molecular weight excluding hydrogens is 534 g/mol. The van der Waals surface area contributed by atoms with E-state index in [9.17, 15) is 0 Å². The molecule has 0 saturated heterocycles. The van der Waals surface area contributed by atoms with Crippen molar-refractivity contribution in [1.82, 2.24) is 0 Å². The van der Waals surface area contributed by atoms with Gasteiger partial charge in [0.15, 0.2) is 0 Å². The summed E-state index contributed by atoms with van der Waals surface area (Å²) in [5.41, 5.74) is 6.65. The molecule has 0 heterocycles. The van der Waals surface area contributed by atoms with Gasteiger partial charge in [0.1, 0.15) is 0 Å². The number of benzene rings is 4. The standard InChI is InChI=1S/C18H17.C13H9.2ClH.Zr/c1-12-7-13(2)10-16(9-12)17-6-4-5-15-8-14(3)11-18(15)17;1-3-7-12-10(5-1)9-11-6-2-4-8-13(11)12;;;/h4-11H,1-3H3;1-9H;2*1H;/q2*-1;;;+4/p-2. The SMILES string of the molecule is Cc1cc(C)cc(-c2cccc3[cH-]c(C)cc23)c1.[Cl-].[Cl-].[Zr+4].c1ccc2c(c1)[cH-]c1ccccc12. The zero-order chi connectivity index (χ0) is 21.4. The first kappa shape index (κ1) is 28.1. The second kappa shape index (κ2) is 12.0. The molecule has 0 radical (unpaired) electrons. The summed E-state index contributed by atoms with van der Waals surface area (Å²) in [6.07, 6.45) is 0. The summed E-state index contributed by atoms with van der Waals surface area (Å²) in [4.78, 5) is 0. The molecule has 0 unspecified atom stereocenters. The first-order valence-corrected chi connectivity index (χ1v) is 10.9. The fourth-order valence-electron chi connectivity index (χ4n) is 4.67. The van der Waals surface area contributed by atoms with Gasteiger partial charge in [-0.3, -0.25) is 0 Å². The summed E-state index contributed by atoms with van der Waals surface area (Å²) in [5, 5.41) is 8.09. The van der Waals surface area contributed by atoms with E-state index in [0.717, 1.165) is 0 Å². The van der Waals surface area contributed by atoms with E-state index in [4.69, 9.17) is 0 Å². The van der Waals surface area contributed by atoms with Crippen molar-refractivity contribution in [3.63, 3.8) is 0 Å². The third-order valence-corrected chi connectivity index (χ3v) is 5.95. The van der Waals surface area contributed by atoms with Crippen molar-refractivity contribution in [3.8, 4) is 11.1 Å². The Balaban J connectivity index is 0.000000229. The molecule has 0 aliphatic carbocycles. The maximum atomic E-state index is 2.28. The van der Waals surface area contributed by atoms with E-state index in [1.807, 2.05) is 0 Å². The van der Waals surface area contributed by atoms with Crippen molar-refractivity contribution in [3.05, 3.63) is 120 Å². The predicted molar refractivity (Wildman–Crippen MR) is 136 cm³/mol. The van der Waals surface area contributed by atoms with E-state index in [1.54, 1.807) is 0 Å². The second-order valence-corrected chi connectivity index (χ2v) is 8.54. The topological polar surface area (TPSA) is 0 Å². The van der Waals surface area contributed by atoms with Gasteiger partial charge in [-0.15, -0.1) is 74.3 Å². The Morgan fingerprint density at radius 2 is 1.00 bits per heavy atom. The molecule has 0 aromatic heterocycles. The van der Waals surface area contributed by atoms with E-state index in [2.05, 4.69) is 124 Å². The second-order valence-electron chi connectivity index (χ2n) is 8.54. The predicted octanol–water partition coefficient (Wildman–Crippen LogP) is 2.87. The maximum Gasteiger partial charge on any atom is 4.00 e. The first-order chi connectivity index (χ1) is 15.1. The molecule has 168 valence electrons. The molecule has 0 N–H and O–H groups in total. The number of halogens is 2. The minimum Gasteiger partial charge on any atom is -1.00 e. The van der Waals surface area contributed by atoms with Crippen molar-refractivity contribution >= 4 is 32.3 Å². The first-order valence-electron chi connectivity index (χ1n) is 10.9. The molecule has 0 atom stereocenters. The number of rotatable bonds is 1. The third-order valence-electron chi connectivity index (χ3n) is 5.95. The third kappa shape index (κ3) is 5.72. The molecule has 6 aromatic carbocycles. The molecule has 3 heteroatoms. The van der Waals surface area contributed by atoms with Gasteiger partial charge in [-0.1, -0.05) is 84.3 Å². The summed E-state index contributed by atoms with van der Waals surface area (Å²) in [6, 6.07) is 37.1. The van der Waals surface area contributed by atoms with Gasteiger partial charge < -0.3 is 24.8 Å². The van der Waals surface area contributed by atoms with Gasteiger partial charge in [0.05, 0.1) is 0 Å². The van der Waals surface area contributed by atoms with Gasteiger partial charge >= 0.3 is 26.2 Å². The van der Waals surface area contributed by atoms with E-state index in [1.165, 1.54) is 60.1 Å². The molecule has 34 heavy (non-hydrogen) atoms. The Morgan fingerprint density at radius 1 is 0.500 bits per heavy atom. The zero-order valence-corrected chi connectivity index (χ0v) is 23.5. The Labute approximate surface area is 233 Å². The Kier molecular flexibility index (Phi) is 9.89. The van der Waals surface area contributed by atoms with E-state index in [-0.39, 0.29) is 51.0 Å². The summed E-state index contributed by atoms with van der Waals surface area (Å²) in [5.74, 6) is 0. The van der Waals surface area contributed by atoms with Crippen molar-refractivity contribution in [2.45, 2.75) is 20.8 Å². The minimum absolute atomic E-state index is 0. The van der Waals surface area contributed by atoms with Crippen LogP contribution in [0.2, 0.25) is 0 Å². The van der Waals surface area contributed by atoms with E-state index >= 15 is 0 Å². The van der Waals surface area contributed by atoms with Gasteiger partial charge in [0, 0.05) is 0 Å². The number of aryl methyl sites for hydroxylation is 3. The normalized spacial score (nSPS) is 10.1. The molecule has 0 aliphatic heterocycles. The van der Waals surface area contributed by atoms with Crippen LogP contribution in [0.3, 0.4) is 0 Å². The number of hydrogen-bond donors (Lipinski definition) is 0. The average molecular weight is 561 g/mol. The van der Waals surface area contributed by atoms with Crippen molar-refractivity contribution in [1.29, 1.82) is 0 Å². The van der Waals surface area contributed by atoms with Crippen LogP contribution in [0.5, 0.6) is 0 Å². The largest absolute Gasteiger partial charge is 4.00 e. The van der Waals surface area contributed by atoms with Gasteiger partial charge in [-0.25, -0.2) is 0 Å². The molecule has 6 rings (SSSR count). The fourth-order valence-corrected chi connectivity index (χ4v) is 4.67. The van der Waals surface area contributed by atoms with Crippen LogP contribution in [0, 0.1) is 20.8 Å². The fraction of sp³-hybridized carbons (Fsp3) is 0.0968. The molecule has 0 nitrogen and oxygen atoms in total. The van der Waals surface area contributed by atoms with Crippen LogP contribution in [0.15, 0.2) is 103 Å². The zero-order valence-electron chi connectivity index (χ0n) is 19.6. The molecule has 0 bridgehead atoms. The van der Waals surface area contributed by atoms with E-state index in [0.29, 0.717) is 0 Å². The average Bonchev–Trinajstić information content (AvgIpc) is 3.32. The van der Waals surface area contributed by atoms with Crippen LogP contribution in [-0.4, -0.2) is 0 Å². The molecular formula is C31H26Cl2Zr. The summed E-state index contributed by atoms with van der Waals surface area (Å²) in [7, 11) is 0. The summed E-state index contributed by atoms with van der Waals surface area (Å²) >= 11 is 0. The summed E-state index contributed by atoms with van der Waals surface area (Å²) < 4.78 is 0. The van der Waals surface area contributed by atoms with Crippen LogP contribution in [0.1, 0.15) is 16.7 Å². The van der Waals surface area contributed by atoms with Crippen LogP contribution >= 0.6 is 0 Å². The van der Waals surface area contributed by atoms with Gasteiger partial charge in [0.2, 0.25) is 0 Å². The van der Waals surface area contributed by atoms with Gasteiger partial charge in [-0.05, 0) is 19.4 Å². The van der Waals surface area contributed by atoms with Crippen LogP contribution < -0.4 is 24.8 Å². The molecule has 6 aromatic rings.